The molecule has 2 aromatic carbocycles. The Kier molecular flexibility index (Phi) is 6.61. The van der Waals surface area contributed by atoms with Crippen molar-refractivity contribution in [2.24, 2.45) is 0 Å². The minimum atomic E-state index is -0.209. The topological polar surface area (TPSA) is 46.9 Å². The molecule has 3 aromatic rings. The number of Topliss-reactive ketones (excluding diaryl/α,β-unsaturated/α-hetero) is 1. The number of hydrogen-bond acceptors (Lipinski definition) is 4. The van der Waals surface area contributed by atoms with Crippen LogP contribution in [0.5, 0.6) is 0 Å². The van der Waals surface area contributed by atoms with E-state index in [9.17, 15) is 4.79 Å². The van der Waals surface area contributed by atoms with Gasteiger partial charge in [0.1, 0.15) is 5.70 Å². The highest BCUT2D eigenvalue weighted by Crippen LogP contribution is 2.28. The maximum Gasteiger partial charge on any atom is 0.213 e. The van der Waals surface area contributed by atoms with Crippen LogP contribution in [0.3, 0.4) is 0 Å². The number of benzene rings is 2. The van der Waals surface area contributed by atoms with Crippen molar-refractivity contribution in [2.45, 2.75) is 6.54 Å². The number of halogens is 2. The zero-order chi connectivity index (χ0) is 19.2. The quantitative estimate of drug-likeness (QED) is 0.415. The summed E-state index contributed by atoms with van der Waals surface area (Å²) in [5.41, 5.74) is 1.96. The highest BCUT2D eigenvalue weighted by atomic mass is 35.5. The van der Waals surface area contributed by atoms with Gasteiger partial charge in [-0.2, -0.15) is 0 Å². The number of carbonyl (C=O) groups excluding carboxylic acids is 1. The van der Waals surface area contributed by atoms with Crippen molar-refractivity contribution in [2.75, 3.05) is 6.26 Å². The SMILES string of the molecule is CSC(NCc1ccccc1)=C(C(=O)c1ccc(Cl)cc1Cl)n1ccnc1. The van der Waals surface area contributed by atoms with Crippen molar-refractivity contribution in [1.82, 2.24) is 14.9 Å². The lowest BCUT2D eigenvalue weighted by Gasteiger charge is -2.16. The number of nitrogens with zero attached hydrogens (tertiary/aromatic N) is 2. The Morgan fingerprint density at radius 3 is 2.59 bits per heavy atom. The largest absolute Gasteiger partial charge is 0.374 e. The molecule has 3 rings (SSSR count). The standard InChI is InChI=1S/C20H17Cl2N3OS/c1-27-20(24-12-14-5-3-2-4-6-14)18(25-10-9-23-13-25)19(26)16-8-7-15(21)11-17(16)22/h2-11,13,24H,12H2,1H3. The Labute approximate surface area is 172 Å². The molecule has 0 aliphatic rings. The van der Waals surface area contributed by atoms with E-state index in [1.807, 2.05) is 36.6 Å². The van der Waals surface area contributed by atoms with Crippen LogP contribution in [-0.2, 0) is 6.54 Å². The zero-order valence-corrected chi connectivity index (χ0v) is 16.9. The first-order valence-electron chi connectivity index (χ1n) is 8.14. The lowest BCUT2D eigenvalue weighted by atomic mass is 10.1. The molecule has 0 unspecified atom stereocenters. The number of thioether (sulfide) groups is 1. The Hall–Kier alpha value is -2.21. The fourth-order valence-corrected chi connectivity index (χ4v) is 3.66. The van der Waals surface area contributed by atoms with Gasteiger partial charge in [0.05, 0.1) is 16.4 Å². The third-order valence-corrected chi connectivity index (χ3v) is 5.16. The average Bonchev–Trinajstić information content (AvgIpc) is 3.19. The van der Waals surface area contributed by atoms with Crippen LogP contribution in [0.1, 0.15) is 15.9 Å². The third-order valence-electron chi connectivity index (χ3n) is 3.87. The second-order valence-corrected chi connectivity index (χ2v) is 7.30. The van der Waals surface area contributed by atoms with Crippen LogP contribution in [0.2, 0.25) is 10.0 Å². The highest BCUT2D eigenvalue weighted by Gasteiger charge is 2.21. The van der Waals surface area contributed by atoms with E-state index in [1.165, 1.54) is 11.8 Å². The van der Waals surface area contributed by atoms with Gasteiger partial charge in [-0.3, -0.25) is 4.79 Å². The van der Waals surface area contributed by atoms with E-state index in [-0.39, 0.29) is 5.78 Å². The van der Waals surface area contributed by atoms with E-state index >= 15 is 0 Å². The first kappa shape index (κ1) is 19.5. The minimum absolute atomic E-state index is 0.209. The Bertz CT molecular complexity index is 957. The van der Waals surface area contributed by atoms with Gasteiger partial charge in [-0.1, -0.05) is 53.5 Å². The molecule has 0 atom stereocenters. The van der Waals surface area contributed by atoms with Crippen LogP contribution in [0.4, 0.5) is 0 Å². The maximum absolute atomic E-state index is 13.3. The number of allylic oxidation sites excluding steroid dienone is 1. The molecule has 7 heteroatoms. The van der Waals surface area contributed by atoms with Gasteiger partial charge in [0.2, 0.25) is 5.78 Å². The molecule has 0 saturated carbocycles. The summed E-state index contributed by atoms with van der Waals surface area (Å²) in [4.78, 5) is 17.4. The molecule has 1 aromatic heterocycles. The Morgan fingerprint density at radius 2 is 1.96 bits per heavy atom. The van der Waals surface area contributed by atoms with E-state index in [4.69, 9.17) is 23.2 Å². The van der Waals surface area contributed by atoms with Gasteiger partial charge in [-0.05, 0) is 30.0 Å². The molecular formula is C20H17Cl2N3OS. The number of ketones is 1. The predicted octanol–water partition coefficient (Wildman–Crippen LogP) is 5.35. The second-order valence-electron chi connectivity index (χ2n) is 5.64. The summed E-state index contributed by atoms with van der Waals surface area (Å²) < 4.78 is 1.69. The summed E-state index contributed by atoms with van der Waals surface area (Å²) in [6.07, 6.45) is 6.88. The molecule has 0 fully saturated rings. The van der Waals surface area contributed by atoms with Crippen molar-refractivity contribution in [3.05, 3.63) is 93.5 Å². The zero-order valence-electron chi connectivity index (χ0n) is 14.5. The number of carbonyl (C=O) groups is 1. The summed E-state index contributed by atoms with van der Waals surface area (Å²) in [5.74, 6) is -0.209. The van der Waals surface area contributed by atoms with Crippen LogP contribution in [0.25, 0.3) is 5.70 Å². The second kappa shape index (κ2) is 9.13. The van der Waals surface area contributed by atoms with Crippen molar-refractivity contribution in [3.63, 3.8) is 0 Å². The minimum Gasteiger partial charge on any atom is -0.374 e. The summed E-state index contributed by atoms with van der Waals surface area (Å²) in [5, 5.41) is 4.89. The molecule has 1 N–H and O–H groups in total. The Balaban J connectivity index is 2.00. The summed E-state index contributed by atoms with van der Waals surface area (Å²) in [6.45, 7) is 0.594. The van der Waals surface area contributed by atoms with E-state index in [2.05, 4.69) is 10.3 Å². The predicted molar refractivity (Wildman–Crippen MR) is 113 cm³/mol. The molecule has 0 spiro atoms. The van der Waals surface area contributed by atoms with Crippen LogP contribution in [0.15, 0.2) is 72.3 Å². The number of nitrogens with one attached hydrogen (secondary N) is 1. The first-order chi connectivity index (χ1) is 13.1. The van der Waals surface area contributed by atoms with Gasteiger partial charge < -0.3 is 9.88 Å². The van der Waals surface area contributed by atoms with Gasteiger partial charge >= 0.3 is 0 Å². The molecular weight excluding hydrogens is 401 g/mol. The normalized spacial score (nSPS) is 11.8. The molecule has 0 bridgehead atoms. The van der Waals surface area contributed by atoms with E-state index in [0.29, 0.717) is 27.9 Å². The summed E-state index contributed by atoms with van der Waals surface area (Å²) in [6, 6.07) is 14.8. The summed E-state index contributed by atoms with van der Waals surface area (Å²) >= 11 is 13.7. The van der Waals surface area contributed by atoms with Crippen molar-refractivity contribution < 1.29 is 4.79 Å². The molecule has 0 aliphatic carbocycles. The summed E-state index contributed by atoms with van der Waals surface area (Å²) in [7, 11) is 0. The fourth-order valence-electron chi connectivity index (χ4n) is 2.56. The van der Waals surface area contributed by atoms with E-state index in [1.54, 1.807) is 41.5 Å². The first-order valence-corrected chi connectivity index (χ1v) is 10.1. The molecule has 27 heavy (non-hydrogen) atoms. The molecule has 0 saturated heterocycles. The number of aromatic nitrogens is 2. The van der Waals surface area contributed by atoms with Gasteiger partial charge in [-0.25, -0.2) is 4.98 Å². The molecule has 0 aliphatic heterocycles. The van der Waals surface area contributed by atoms with Gasteiger partial charge in [-0.15, -0.1) is 11.8 Å². The van der Waals surface area contributed by atoms with Crippen LogP contribution in [0, 0.1) is 0 Å². The van der Waals surface area contributed by atoms with E-state index < -0.39 is 0 Å². The average molecular weight is 418 g/mol. The van der Waals surface area contributed by atoms with E-state index in [0.717, 1.165) is 10.6 Å². The Morgan fingerprint density at radius 1 is 1.19 bits per heavy atom. The van der Waals surface area contributed by atoms with Gasteiger partial charge in [0.25, 0.3) is 0 Å². The van der Waals surface area contributed by atoms with Crippen molar-refractivity contribution in [1.29, 1.82) is 0 Å². The molecule has 0 radical (unpaired) electrons. The molecule has 4 nitrogen and oxygen atoms in total. The monoisotopic (exact) mass is 417 g/mol. The maximum atomic E-state index is 13.3. The van der Waals surface area contributed by atoms with Crippen LogP contribution >= 0.6 is 35.0 Å². The number of imidazole rings is 1. The van der Waals surface area contributed by atoms with Crippen molar-refractivity contribution in [3.8, 4) is 0 Å². The van der Waals surface area contributed by atoms with Crippen molar-refractivity contribution >= 4 is 46.4 Å². The molecule has 1 heterocycles. The molecule has 0 amide bonds. The number of hydrogen-bond donors (Lipinski definition) is 1. The third kappa shape index (κ3) is 4.75. The van der Waals surface area contributed by atoms with Gasteiger partial charge in [0, 0.05) is 29.5 Å². The lowest BCUT2D eigenvalue weighted by molar-refractivity contribution is 0.105. The number of rotatable bonds is 7. The fraction of sp³-hybridized carbons (Fsp3) is 0.100. The van der Waals surface area contributed by atoms with Crippen LogP contribution < -0.4 is 5.32 Å². The smallest absolute Gasteiger partial charge is 0.213 e. The lowest BCUT2D eigenvalue weighted by Crippen LogP contribution is -2.19. The molecule has 138 valence electrons. The van der Waals surface area contributed by atoms with Crippen LogP contribution in [-0.4, -0.2) is 21.6 Å². The highest BCUT2D eigenvalue weighted by molar-refractivity contribution is 8.02. The van der Waals surface area contributed by atoms with Gasteiger partial charge in [0.15, 0.2) is 0 Å².